The van der Waals surface area contributed by atoms with Crippen molar-refractivity contribution < 1.29 is 9.47 Å². The van der Waals surface area contributed by atoms with Crippen LogP contribution in [0, 0.1) is 6.92 Å². The Bertz CT molecular complexity index is 285. The summed E-state index contributed by atoms with van der Waals surface area (Å²) in [5, 5.41) is 3.40. The van der Waals surface area contributed by atoms with E-state index < -0.39 is 0 Å². The van der Waals surface area contributed by atoms with E-state index in [4.69, 9.17) is 9.47 Å². The van der Waals surface area contributed by atoms with Crippen molar-refractivity contribution in [3.8, 4) is 0 Å². The Morgan fingerprint density at radius 1 is 1.06 bits per heavy atom. The zero-order chi connectivity index (χ0) is 12.3. The first kappa shape index (κ1) is 14.2. The molecule has 3 nitrogen and oxygen atoms in total. The Kier molecular flexibility index (Phi) is 7.63. The van der Waals surface area contributed by atoms with Gasteiger partial charge >= 0.3 is 0 Å². The van der Waals surface area contributed by atoms with Gasteiger partial charge in [0.2, 0.25) is 0 Å². The van der Waals surface area contributed by atoms with E-state index in [1.54, 1.807) is 7.11 Å². The molecule has 1 aromatic carbocycles. The Hall–Kier alpha value is -0.900. The number of hydrogen-bond acceptors (Lipinski definition) is 3. The summed E-state index contributed by atoms with van der Waals surface area (Å²) >= 11 is 0. The van der Waals surface area contributed by atoms with Gasteiger partial charge in [0, 0.05) is 20.3 Å². The molecule has 0 heterocycles. The van der Waals surface area contributed by atoms with E-state index in [0.717, 1.165) is 26.1 Å². The Morgan fingerprint density at radius 2 is 1.82 bits per heavy atom. The van der Waals surface area contributed by atoms with Crippen LogP contribution in [0.4, 0.5) is 0 Å². The molecule has 3 heteroatoms. The first-order valence-corrected chi connectivity index (χ1v) is 6.16. The molecular weight excluding hydrogens is 214 g/mol. The monoisotopic (exact) mass is 237 g/mol. The SMILES string of the molecule is COCCOCCCNCc1ccc(C)cc1. The molecule has 0 aliphatic carbocycles. The minimum absolute atomic E-state index is 0.677. The standard InChI is InChI=1S/C14H23NO2/c1-13-4-6-14(7-5-13)12-15-8-3-9-17-11-10-16-2/h4-7,15H,3,8-12H2,1-2H3. The summed E-state index contributed by atoms with van der Waals surface area (Å²) in [6.45, 7) is 6.18. The Labute approximate surface area is 104 Å². The zero-order valence-corrected chi connectivity index (χ0v) is 10.9. The number of rotatable bonds is 9. The second-order valence-electron chi connectivity index (χ2n) is 4.12. The Balaban J connectivity index is 1.95. The number of methoxy groups -OCH3 is 1. The molecule has 0 radical (unpaired) electrons. The summed E-state index contributed by atoms with van der Waals surface area (Å²) < 4.78 is 10.3. The van der Waals surface area contributed by atoms with Crippen molar-refractivity contribution >= 4 is 0 Å². The fourth-order valence-corrected chi connectivity index (χ4v) is 1.48. The summed E-state index contributed by atoms with van der Waals surface area (Å²) in [6.07, 6.45) is 1.04. The lowest BCUT2D eigenvalue weighted by atomic mass is 10.1. The van der Waals surface area contributed by atoms with Gasteiger partial charge in [-0.15, -0.1) is 0 Å². The van der Waals surface area contributed by atoms with Crippen LogP contribution in [0.3, 0.4) is 0 Å². The van der Waals surface area contributed by atoms with Crippen molar-refractivity contribution in [3.05, 3.63) is 35.4 Å². The fraction of sp³-hybridized carbons (Fsp3) is 0.571. The van der Waals surface area contributed by atoms with Crippen molar-refractivity contribution in [1.82, 2.24) is 5.32 Å². The van der Waals surface area contributed by atoms with Gasteiger partial charge in [-0.1, -0.05) is 29.8 Å². The summed E-state index contributed by atoms with van der Waals surface area (Å²) in [7, 11) is 1.69. The molecule has 0 aliphatic rings. The van der Waals surface area contributed by atoms with Crippen LogP contribution >= 0.6 is 0 Å². The molecule has 96 valence electrons. The predicted molar refractivity (Wildman–Crippen MR) is 70.2 cm³/mol. The number of ether oxygens (including phenoxy) is 2. The summed E-state index contributed by atoms with van der Waals surface area (Å²) in [4.78, 5) is 0. The molecule has 0 saturated heterocycles. The largest absolute Gasteiger partial charge is 0.382 e. The van der Waals surface area contributed by atoms with Gasteiger partial charge in [-0.25, -0.2) is 0 Å². The van der Waals surface area contributed by atoms with Crippen LogP contribution in [0.5, 0.6) is 0 Å². The van der Waals surface area contributed by atoms with Gasteiger partial charge in [0.1, 0.15) is 0 Å². The smallest absolute Gasteiger partial charge is 0.0700 e. The van der Waals surface area contributed by atoms with E-state index in [1.807, 2.05) is 0 Å². The predicted octanol–water partition coefficient (Wildman–Crippen LogP) is 2.14. The van der Waals surface area contributed by atoms with E-state index in [0.29, 0.717) is 13.2 Å². The summed E-state index contributed by atoms with van der Waals surface area (Å²) in [6, 6.07) is 8.62. The highest BCUT2D eigenvalue weighted by Crippen LogP contribution is 2.02. The van der Waals surface area contributed by atoms with Gasteiger partial charge in [-0.2, -0.15) is 0 Å². The lowest BCUT2D eigenvalue weighted by molar-refractivity contribution is 0.0695. The highest BCUT2D eigenvalue weighted by molar-refractivity contribution is 5.20. The van der Waals surface area contributed by atoms with Crippen LogP contribution in [-0.2, 0) is 16.0 Å². The van der Waals surface area contributed by atoms with E-state index in [9.17, 15) is 0 Å². The van der Waals surface area contributed by atoms with Gasteiger partial charge in [0.05, 0.1) is 13.2 Å². The summed E-state index contributed by atoms with van der Waals surface area (Å²) in [5.74, 6) is 0. The number of nitrogens with one attached hydrogen (secondary N) is 1. The molecule has 1 aromatic rings. The van der Waals surface area contributed by atoms with Gasteiger partial charge in [0.15, 0.2) is 0 Å². The first-order chi connectivity index (χ1) is 8.33. The minimum atomic E-state index is 0.677. The molecule has 17 heavy (non-hydrogen) atoms. The van der Waals surface area contributed by atoms with Crippen molar-refractivity contribution in [2.24, 2.45) is 0 Å². The maximum absolute atomic E-state index is 5.38. The molecule has 0 saturated carbocycles. The van der Waals surface area contributed by atoms with Gasteiger partial charge in [-0.05, 0) is 25.5 Å². The number of aryl methyl sites for hydroxylation is 1. The van der Waals surface area contributed by atoms with Crippen LogP contribution in [0.2, 0.25) is 0 Å². The van der Waals surface area contributed by atoms with Crippen LogP contribution in [0.1, 0.15) is 17.5 Å². The molecule has 0 aliphatic heterocycles. The second-order valence-corrected chi connectivity index (χ2v) is 4.12. The van der Waals surface area contributed by atoms with E-state index in [1.165, 1.54) is 11.1 Å². The molecule has 1 rings (SSSR count). The molecule has 0 amide bonds. The molecule has 0 atom stereocenters. The maximum Gasteiger partial charge on any atom is 0.0700 e. The molecule has 0 bridgehead atoms. The normalized spacial score (nSPS) is 10.7. The van der Waals surface area contributed by atoms with Crippen LogP contribution in [0.25, 0.3) is 0 Å². The molecule has 0 unspecified atom stereocenters. The van der Waals surface area contributed by atoms with Crippen molar-refractivity contribution in [1.29, 1.82) is 0 Å². The molecule has 1 N–H and O–H groups in total. The lowest BCUT2D eigenvalue weighted by Gasteiger charge is -2.06. The lowest BCUT2D eigenvalue weighted by Crippen LogP contribution is -2.16. The average Bonchev–Trinajstić information content (AvgIpc) is 2.35. The van der Waals surface area contributed by atoms with E-state index in [2.05, 4.69) is 36.5 Å². The minimum Gasteiger partial charge on any atom is -0.382 e. The van der Waals surface area contributed by atoms with Gasteiger partial charge in [-0.3, -0.25) is 0 Å². The third-order valence-corrected chi connectivity index (χ3v) is 2.52. The molecule has 0 fully saturated rings. The van der Waals surface area contributed by atoms with Gasteiger partial charge in [0.25, 0.3) is 0 Å². The van der Waals surface area contributed by atoms with Crippen molar-refractivity contribution in [3.63, 3.8) is 0 Å². The van der Waals surface area contributed by atoms with Crippen LogP contribution in [-0.4, -0.2) is 33.5 Å². The Morgan fingerprint density at radius 3 is 2.53 bits per heavy atom. The topological polar surface area (TPSA) is 30.5 Å². The quantitative estimate of drug-likeness (QED) is 0.667. The third kappa shape index (κ3) is 7.10. The third-order valence-electron chi connectivity index (χ3n) is 2.52. The first-order valence-electron chi connectivity index (χ1n) is 6.16. The molecule has 0 aromatic heterocycles. The number of hydrogen-bond donors (Lipinski definition) is 1. The number of benzene rings is 1. The molecular formula is C14H23NO2. The highest BCUT2D eigenvalue weighted by Gasteiger charge is 1.93. The van der Waals surface area contributed by atoms with Gasteiger partial charge < -0.3 is 14.8 Å². The summed E-state index contributed by atoms with van der Waals surface area (Å²) in [5.41, 5.74) is 2.64. The maximum atomic E-state index is 5.38. The fourth-order valence-electron chi connectivity index (χ4n) is 1.48. The van der Waals surface area contributed by atoms with Crippen molar-refractivity contribution in [2.45, 2.75) is 19.9 Å². The average molecular weight is 237 g/mol. The zero-order valence-electron chi connectivity index (χ0n) is 10.9. The van der Waals surface area contributed by atoms with E-state index in [-0.39, 0.29) is 0 Å². The molecule has 0 spiro atoms. The van der Waals surface area contributed by atoms with Crippen molar-refractivity contribution in [2.75, 3.05) is 33.5 Å². The van der Waals surface area contributed by atoms with E-state index >= 15 is 0 Å². The van der Waals surface area contributed by atoms with Crippen LogP contribution in [0.15, 0.2) is 24.3 Å². The van der Waals surface area contributed by atoms with Crippen LogP contribution < -0.4 is 5.32 Å². The second kappa shape index (κ2) is 9.16. The highest BCUT2D eigenvalue weighted by atomic mass is 16.5.